The zero-order valence-electron chi connectivity index (χ0n) is 10.9. The van der Waals surface area contributed by atoms with E-state index in [4.69, 9.17) is 4.98 Å². The molecule has 0 aromatic carbocycles. The summed E-state index contributed by atoms with van der Waals surface area (Å²) in [6, 6.07) is 0. The van der Waals surface area contributed by atoms with Crippen LogP contribution in [0.4, 0.5) is 5.13 Å². The van der Waals surface area contributed by atoms with Gasteiger partial charge in [0.05, 0.1) is 17.2 Å². The molecule has 1 fully saturated rings. The number of aliphatic hydroxyl groups is 1. The van der Waals surface area contributed by atoms with Gasteiger partial charge in [0.15, 0.2) is 5.13 Å². The maximum Gasteiger partial charge on any atom is 0.185 e. The lowest BCUT2D eigenvalue weighted by Gasteiger charge is -2.13. The van der Waals surface area contributed by atoms with Gasteiger partial charge in [0.1, 0.15) is 0 Å². The molecule has 96 valence electrons. The second-order valence-corrected chi connectivity index (χ2v) is 6.17. The first kappa shape index (κ1) is 12.8. The fraction of sp³-hybridized carbons (Fsp3) is 0.769. The summed E-state index contributed by atoms with van der Waals surface area (Å²) in [5.41, 5.74) is 1.11. The Morgan fingerprint density at radius 2 is 2.35 bits per heavy atom. The van der Waals surface area contributed by atoms with Gasteiger partial charge in [-0.15, -0.1) is 0 Å². The van der Waals surface area contributed by atoms with Crippen LogP contribution in [0.1, 0.15) is 50.1 Å². The van der Waals surface area contributed by atoms with Gasteiger partial charge in [-0.25, -0.2) is 4.98 Å². The van der Waals surface area contributed by atoms with Crippen molar-refractivity contribution in [1.82, 2.24) is 4.98 Å². The van der Waals surface area contributed by atoms with E-state index < -0.39 is 0 Å². The van der Waals surface area contributed by atoms with E-state index in [0.29, 0.717) is 5.92 Å². The third kappa shape index (κ3) is 2.63. The molecule has 1 aliphatic rings. The van der Waals surface area contributed by atoms with E-state index in [9.17, 15) is 5.11 Å². The zero-order valence-corrected chi connectivity index (χ0v) is 11.8. The van der Waals surface area contributed by atoms with Crippen molar-refractivity contribution in [1.29, 1.82) is 0 Å². The van der Waals surface area contributed by atoms with Crippen LogP contribution in [0.25, 0.3) is 0 Å². The first-order valence-electron chi connectivity index (χ1n) is 6.51. The molecule has 17 heavy (non-hydrogen) atoms. The van der Waals surface area contributed by atoms with Crippen molar-refractivity contribution >= 4 is 16.5 Å². The van der Waals surface area contributed by atoms with Gasteiger partial charge in [-0.1, -0.05) is 32.1 Å². The van der Waals surface area contributed by atoms with Crippen LogP contribution >= 0.6 is 11.3 Å². The molecule has 1 aliphatic heterocycles. The summed E-state index contributed by atoms with van der Waals surface area (Å²) < 4.78 is 0. The van der Waals surface area contributed by atoms with Gasteiger partial charge in [0, 0.05) is 13.1 Å². The van der Waals surface area contributed by atoms with Crippen molar-refractivity contribution in [3.05, 3.63) is 10.6 Å². The predicted molar refractivity (Wildman–Crippen MR) is 72.7 cm³/mol. The van der Waals surface area contributed by atoms with Crippen molar-refractivity contribution in [2.24, 2.45) is 5.92 Å². The predicted octanol–water partition coefficient (Wildman–Crippen LogP) is 3.00. The first-order valence-corrected chi connectivity index (χ1v) is 7.32. The minimum absolute atomic E-state index is 0.126. The zero-order chi connectivity index (χ0) is 12.4. The standard InChI is InChI=1S/C13H22N2OS/c1-4-10(3)12-11(8-16)17-13(14-12)15-6-5-9(2)7-15/h9-10,16H,4-8H2,1-3H3. The van der Waals surface area contributed by atoms with Gasteiger partial charge >= 0.3 is 0 Å². The van der Waals surface area contributed by atoms with Gasteiger partial charge in [0.25, 0.3) is 0 Å². The van der Waals surface area contributed by atoms with Gasteiger partial charge in [-0.05, 0) is 24.7 Å². The van der Waals surface area contributed by atoms with E-state index in [1.54, 1.807) is 11.3 Å². The summed E-state index contributed by atoms with van der Waals surface area (Å²) in [6.45, 7) is 8.99. The van der Waals surface area contributed by atoms with E-state index >= 15 is 0 Å². The Morgan fingerprint density at radius 1 is 1.59 bits per heavy atom. The summed E-state index contributed by atoms with van der Waals surface area (Å²) in [6.07, 6.45) is 2.33. The number of aliphatic hydroxyl groups excluding tert-OH is 1. The quantitative estimate of drug-likeness (QED) is 0.897. The fourth-order valence-electron chi connectivity index (χ4n) is 2.29. The molecule has 0 radical (unpaired) electrons. The summed E-state index contributed by atoms with van der Waals surface area (Å²) in [7, 11) is 0. The highest BCUT2D eigenvalue weighted by molar-refractivity contribution is 7.15. The SMILES string of the molecule is CCC(C)c1nc(N2CCC(C)C2)sc1CO. The highest BCUT2D eigenvalue weighted by Gasteiger charge is 2.24. The van der Waals surface area contributed by atoms with Gasteiger partial charge in [-0.2, -0.15) is 0 Å². The molecule has 0 bridgehead atoms. The lowest BCUT2D eigenvalue weighted by Crippen LogP contribution is -2.18. The van der Waals surface area contributed by atoms with Crippen molar-refractivity contribution in [3.8, 4) is 0 Å². The molecule has 1 N–H and O–H groups in total. The number of nitrogens with zero attached hydrogens (tertiary/aromatic N) is 2. The van der Waals surface area contributed by atoms with Crippen molar-refractivity contribution < 1.29 is 5.11 Å². The Labute approximate surface area is 107 Å². The molecule has 4 heteroatoms. The highest BCUT2D eigenvalue weighted by atomic mass is 32.1. The molecule has 1 aromatic rings. The first-order chi connectivity index (χ1) is 8.15. The average Bonchev–Trinajstić information content (AvgIpc) is 2.93. The molecular formula is C13H22N2OS. The number of rotatable bonds is 4. The van der Waals surface area contributed by atoms with Crippen LogP contribution in [0.2, 0.25) is 0 Å². The molecule has 2 heterocycles. The van der Waals surface area contributed by atoms with Gasteiger partial charge in [0.2, 0.25) is 0 Å². The van der Waals surface area contributed by atoms with Crippen molar-refractivity contribution in [2.45, 2.75) is 46.1 Å². The molecule has 0 aliphatic carbocycles. The second kappa shape index (κ2) is 5.36. The van der Waals surface area contributed by atoms with Crippen LogP contribution in [-0.4, -0.2) is 23.2 Å². The molecule has 2 atom stereocenters. The number of hydrogen-bond donors (Lipinski definition) is 1. The third-order valence-electron chi connectivity index (χ3n) is 3.63. The Bertz CT molecular complexity index is 377. The van der Waals surface area contributed by atoms with Crippen molar-refractivity contribution in [2.75, 3.05) is 18.0 Å². The summed E-state index contributed by atoms with van der Waals surface area (Å²) in [5, 5.41) is 10.5. The Hall–Kier alpha value is -0.610. The van der Waals surface area contributed by atoms with Crippen LogP contribution in [0.3, 0.4) is 0 Å². The normalized spacial score (nSPS) is 22.1. The molecule has 3 nitrogen and oxygen atoms in total. The van der Waals surface area contributed by atoms with E-state index in [0.717, 1.165) is 41.1 Å². The molecule has 0 spiro atoms. The van der Waals surface area contributed by atoms with E-state index in [1.807, 2.05) is 0 Å². The molecule has 2 unspecified atom stereocenters. The molecule has 1 aromatic heterocycles. The Balaban J connectivity index is 2.21. The number of anilines is 1. The van der Waals surface area contributed by atoms with Crippen molar-refractivity contribution in [3.63, 3.8) is 0 Å². The van der Waals surface area contributed by atoms with Crippen LogP contribution in [0.5, 0.6) is 0 Å². The van der Waals surface area contributed by atoms with Crippen LogP contribution in [-0.2, 0) is 6.61 Å². The van der Waals surface area contributed by atoms with Crippen LogP contribution in [0.15, 0.2) is 0 Å². The summed E-state index contributed by atoms with van der Waals surface area (Å²) >= 11 is 1.67. The number of thiazole rings is 1. The number of hydrogen-bond acceptors (Lipinski definition) is 4. The maximum absolute atomic E-state index is 9.42. The highest BCUT2D eigenvalue weighted by Crippen LogP contribution is 2.34. The topological polar surface area (TPSA) is 36.4 Å². The molecular weight excluding hydrogens is 232 g/mol. The largest absolute Gasteiger partial charge is 0.391 e. The Kier molecular flexibility index (Phi) is 4.05. The molecule has 1 saturated heterocycles. The molecule has 0 amide bonds. The smallest absolute Gasteiger partial charge is 0.185 e. The van der Waals surface area contributed by atoms with E-state index in [-0.39, 0.29) is 6.61 Å². The molecule has 2 rings (SSSR count). The average molecular weight is 254 g/mol. The van der Waals surface area contributed by atoms with Gasteiger partial charge < -0.3 is 10.0 Å². The van der Waals surface area contributed by atoms with E-state index in [2.05, 4.69) is 25.7 Å². The summed E-state index contributed by atoms with van der Waals surface area (Å²) in [5.74, 6) is 1.21. The Morgan fingerprint density at radius 3 is 2.88 bits per heavy atom. The maximum atomic E-state index is 9.42. The summed E-state index contributed by atoms with van der Waals surface area (Å²) in [4.78, 5) is 8.16. The lowest BCUT2D eigenvalue weighted by atomic mass is 10.0. The van der Waals surface area contributed by atoms with Gasteiger partial charge in [-0.3, -0.25) is 0 Å². The number of aromatic nitrogens is 1. The minimum atomic E-state index is 0.126. The second-order valence-electron chi connectivity index (χ2n) is 5.11. The van der Waals surface area contributed by atoms with Crippen LogP contribution in [0, 0.1) is 5.92 Å². The van der Waals surface area contributed by atoms with Crippen LogP contribution < -0.4 is 4.90 Å². The third-order valence-corrected chi connectivity index (χ3v) is 4.75. The van der Waals surface area contributed by atoms with E-state index in [1.165, 1.54) is 6.42 Å². The monoisotopic (exact) mass is 254 g/mol. The minimum Gasteiger partial charge on any atom is -0.391 e. The molecule has 0 saturated carbocycles. The lowest BCUT2D eigenvalue weighted by molar-refractivity contribution is 0.283. The fourth-order valence-corrected chi connectivity index (χ4v) is 3.36.